The molecule has 1 aromatic rings. The van der Waals surface area contributed by atoms with Crippen LogP contribution in [0.5, 0.6) is 0 Å². The average molecular weight is 332 g/mol. The van der Waals surface area contributed by atoms with Gasteiger partial charge in [-0.1, -0.05) is 30.3 Å². The van der Waals surface area contributed by atoms with Gasteiger partial charge in [-0.05, 0) is 30.7 Å². The van der Waals surface area contributed by atoms with Gasteiger partial charge < -0.3 is 5.73 Å². The number of hydrogen-bond acceptors (Lipinski definition) is 3. The quantitative estimate of drug-likeness (QED) is 0.857. The Kier molecular flexibility index (Phi) is 5.27. The van der Waals surface area contributed by atoms with Crippen LogP contribution in [0.4, 0.5) is 0 Å². The molecular formula is C14H22ClN3O2S. The van der Waals surface area contributed by atoms with Crippen molar-refractivity contribution in [3.05, 3.63) is 35.9 Å². The molecule has 7 heteroatoms. The maximum atomic E-state index is 12.3. The number of fused-ring (bicyclic) bond motifs is 2. The van der Waals surface area contributed by atoms with E-state index >= 15 is 0 Å². The van der Waals surface area contributed by atoms with E-state index in [1.807, 2.05) is 30.3 Å². The minimum absolute atomic E-state index is 0. The zero-order chi connectivity index (χ0) is 14.2. The lowest BCUT2D eigenvalue weighted by Crippen LogP contribution is -2.46. The van der Waals surface area contributed by atoms with Crippen LogP contribution < -0.4 is 10.5 Å². The van der Waals surface area contributed by atoms with Crippen molar-refractivity contribution in [2.45, 2.75) is 31.3 Å². The topological polar surface area (TPSA) is 75.4 Å². The maximum Gasteiger partial charge on any atom is 0.279 e. The smallest absolute Gasteiger partial charge is 0.279 e. The summed E-state index contributed by atoms with van der Waals surface area (Å²) >= 11 is 0. The highest BCUT2D eigenvalue weighted by Gasteiger charge is 2.43. The highest BCUT2D eigenvalue weighted by Crippen LogP contribution is 2.38. The first-order valence-electron chi connectivity index (χ1n) is 7.13. The molecule has 1 aliphatic heterocycles. The summed E-state index contributed by atoms with van der Waals surface area (Å²) in [4.78, 5) is 0. The van der Waals surface area contributed by atoms with Crippen LogP contribution >= 0.6 is 12.4 Å². The minimum atomic E-state index is -3.39. The third-order valence-electron chi connectivity index (χ3n) is 4.38. The molecule has 1 saturated heterocycles. The lowest BCUT2D eigenvalue weighted by atomic mass is 10.1. The predicted molar refractivity (Wildman–Crippen MR) is 85.4 cm³/mol. The van der Waals surface area contributed by atoms with E-state index in [2.05, 4.69) is 4.72 Å². The molecule has 118 valence electrons. The molecule has 1 aliphatic carbocycles. The molecule has 0 radical (unpaired) electrons. The molecule has 1 saturated carbocycles. The van der Waals surface area contributed by atoms with E-state index in [1.165, 1.54) is 6.42 Å². The summed E-state index contributed by atoms with van der Waals surface area (Å²) in [5, 5.41) is 0. The van der Waals surface area contributed by atoms with Crippen LogP contribution in [0.3, 0.4) is 0 Å². The van der Waals surface area contributed by atoms with Gasteiger partial charge in [0.25, 0.3) is 10.2 Å². The number of benzene rings is 1. The summed E-state index contributed by atoms with van der Waals surface area (Å²) in [6.07, 6.45) is 3.18. The maximum absolute atomic E-state index is 12.3. The number of halogens is 1. The van der Waals surface area contributed by atoms with E-state index < -0.39 is 10.2 Å². The van der Waals surface area contributed by atoms with Gasteiger partial charge >= 0.3 is 0 Å². The number of nitrogens with two attached hydrogens (primary N) is 1. The lowest BCUT2D eigenvalue weighted by Gasteiger charge is -2.26. The van der Waals surface area contributed by atoms with Gasteiger partial charge in [-0.2, -0.15) is 12.7 Å². The Balaban J connectivity index is 0.00000161. The fourth-order valence-electron chi connectivity index (χ4n) is 3.27. The van der Waals surface area contributed by atoms with Crippen molar-refractivity contribution < 1.29 is 8.42 Å². The highest BCUT2D eigenvalue weighted by molar-refractivity contribution is 7.87. The molecule has 5 nitrogen and oxygen atoms in total. The molecule has 2 bridgehead atoms. The second-order valence-electron chi connectivity index (χ2n) is 5.77. The van der Waals surface area contributed by atoms with Crippen molar-refractivity contribution in [2.24, 2.45) is 11.7 Å². The Labute approximate surface area is 132 Å². The van der Waals surface area contributed by atoms with E-state index in [1.54, 1.807) is 4.31 Å². The Morgan fingerprint density at radius 2 is 2.00 bits per heavy atom. The minimum Gasteiger partial charge on any atom is -0.323 e. The van der Waals surface area contributed by atoms with Gasteiger partial charge in [-0.15, -0.1) is 12.4 Å². The van der Waals surface area contributed by atoms with Crippen molar-refractivity contribution in [1.29, 1.82) is 0 Å². The van der Waals surface area contributed by atoms with E-state index in [0.29, 0.717) is 12.5 Å². The van der Waals surface area contributed by atoms with Crippen LogP contribution in [0.15, 0.2) is 30.3 Å². The third-order valence-corrected chi connectivity index (χ3v) is 5.98. The molecule has 21 heavy (non-hydrogen) atoms. The fraction of sp³-hybridized carbons (Fsp3) is 0.571. The second-order valence-corrected chi connectivity index (χ2v) is 7.48. The molecule has 0 spiro atoms. The molecule has 1 heterocycles. The number of nitrogens with zero attached hydrogens (tertiary/aromatic N) is 1. The molecule has 3 N–H and O–H groups in total. The van der Waals surface area contributed by atoms with Crippen LogP contribution in [0.2, 0.25) is 0 Å². The SMILES string of the molecule is Cl.NC(CNS(=O)(=O)N1CC2CCC1C2)c1ccccc1. The van der Waals surface area contributed by atoms with E-state index in [9.17, 15) is 8.42 Å². The molecular weight excluding hydrogens is 310 g/mol. The monoisotopic (exact) mass is 331 g/mol. The second kappa shape index (κ2) is 6.62. The zero-order valence-corrected chi connectivity index (χ0v) is 13.4. The molecule has 2 aliphatic rings. The van der Waals surface area contributed by atoms with Crippen LogP contribution in [-0.4, -0.2) is 31.9 Å². The predicted octanol–water partition coefficient (Wildman–Crippen LogP) is 1.43. The summed E-state index contributed by atoms with van der Waals surface area (Å²) in [7, 11) is -3.39. The molecule has 2 fully saturated rings. The van der Waals surface area contributed by atoms with Gasteiger partial charge in [0, 0.05) is 25.2 Å². The summed E-state index contributed by atoms with van der Waals surface area (Å²) in [5.41, 5.74) is 6.97. The molecule has 3 rings (SSSR count). The standard InChI is InChI=1S/C14H21N3O2S.ClH/c15-14(12-4-2-1-3-5-12)9-16-20(18,19)17-10-11-6-7-13(17)8-11;/h1-5,11,13-14,16H,6-10,15H2;1H. The van der Waals surface area contributed by atoms with Gasteiger partial charge in [0.2, 0.25) is 0 Å². The van der Waals surface area contributed by atoms with Crippen molar-refractivity contribution in [3.63, 3.8) is 0 Å². The Hall–Kier alpha value is -0.660. The molecule has 0 aromatic heterocycles. The lowest BCUT2D eigenvalue weighted by molar-refractivity contribution is 0.328. The number of nitrogens with one attached hydrogen (secondary N) is 1. The summed E-state index contributed by atoms with van der Waals surface area (Å²) in [6, 6.07) is 9.44. The zero-order valence-electron chi connectivity index (χ0n) is 11.8. The molecule has 3 unspecified atom stereocenters. The Morgan fingerprint density at radius 3 is 2.57 bits per heavy atom. The van der Waals surface area contributed by atoms with Gasteiger partial charge in [-0.3, -0.25) is 0 Å². The largest absolute Gasteiger partial charge is 0.323 e. The van der Waals surface area contributed by atoms with Crippen molar-refractivity contribution >= 4 is 22.6 Å². The van der Waals surface area contributed by atoms with Crippen LogP contribution in [0.25, 0.3) is 0 Å². The van der Waals surface area contributed by atoms with Gasteiger partial charge in [0.15, 0.2) is 0 Å². The van der Waals surface area contributed by atoms with Crippen LogP contribution in [0.1, 0.15) is 30.9 Å². The van der Waals surface area contributed by atoms with E-state index in [4.69, 9.17) is 5.73 Å². The molecule has 0 amide bonds. The van der Waals surface area contributed by atoms with Crippen molar-refractivity contribution in [1.82, 2.24) is 9.03 Å². The van der Waals surface area contributed by atoms with Crippen LogP contribution in [-0.2, 0) is 10.2 Å². The first kappa shape index (κ1) is 16.7. The fourth-order valence-corrected chi connectivity index (χ4v) is 4.82. The number of rotatable bonds is 5. The first-order valence-corrected chi connectivity index (χ1v) is 8.57. The summed E-state index contributed by atoms with van der Waals surface area (Å²) in [6.45, 7) is 0.904. The summed E-state index contributed by atoms with van der Waals surface area (Å²) < 4.78 is 28.9. The average Bonchev–Trinajstić information content (AvgIpc) is 3.09. The molecule has 3 atom stereocenters. The molecule has 1 aromatic carbocycles. The Morgan fingerprint density at radius 1 is 1.29 bits per heavy atom. The number of piperidine rings is 1. The van der Waals surface area contributed by atoms with Gasteiger partial charge in [0.05, 0.1) is 0 Å². The van der Waals surface area contributed by atoms with E-state index in [-0.39, 0.29) is 31.0 Å². The summed E-state index contributed by atoms with van der Waals surface area (Å²) in [5.74, 6) is 0.555. The third kappa shape index (κ3) is 3.57. The normalized spacial score (nSPS) is 26.5. The highest BCUT2D eigenvalue weighted by atomic mass is 35.5. The van der Waals surface area contributed by atoms with Crippen LogP contribution in [0, 0.1) is 5.92 Å². The van der Waals surface area contributed by atoms with Crippen molar-refractivity contribution in [3.8, 4) is 0 Å². The number of hydrogen-bond donors (Lipinski definition) is 2. The van der Waals surface area contributed by atoms with Gasteiger partial charge in [-0.25, -0.2) is 4.72 Å². The Bertz CT molecular complexity index is 567. The van der Waals surface area contributed by atoms with Gasteiger partial charge in [0.1, 0.15) is 0 Å². The van der Waals surface area contributed by atoms with E-state index in [0.717, 1.165) is 18.4 Å². The van der Waals surface area contributed by atoms with Crippen molar-refractivity contribution in [2.75, 3.05) is 13.1 Å². The first-order chi connectivity index (χ1) is 9.56.